The van der Waals surface area contributed by atoms with Gasteiger partial charge in [0.2, 0.25) is 11.8 Å². The van der Waals surface area contributed by atoms with Crippen molar-refractivity contribution in [1.82, 2.24) is 9.80 Å². The number of carbonyl (C=O) groups excluding carboxylic acids is 2. The predicted molar refractivity (Wildman–Crippen MR) is 103 cm³/mol. The third-order valence-electron chi connectivity index (χ3n) is 4.57. The van der Waals surface area contributed by atoms with Crippen LogP contribution in [0.2, 0.25) is 10.0 Å². The first-order valence-corrected chi connectivity index (χ1v) is 9.42. The van der Waals surface area contributed by atoms with Crippen LogP contribution < -0.4 is 0 Å². The first-order valence-electron chi connectivity index (χ1n) is 8.66. The lowest BCUT2D eigenvalue weighted by Crippen LogP contribution is -2.51. The third kappa shape index (κ3) is 5.21. The van der Waals surface area contributed by atoms with E-state index in [4.69, 9.17) is 23.2 Å². The highest BCUT2D eigenvalue weighted by Gasteiger charge is 2.24. The van der Waals surface area contributed by atoms with Gasteiger partial charge in [-0.05, 0) is 35.4 Å². The van der Waals surface area contributed by atoms with Crippen LogP contribution in [-0.4, -0.2) is 47.8 Å². The quantitative estimate of drug-likeness (QED) is 0.775. The first-order chi connectivity index (χ1) is 12.9. The van der Waals surface area contributed by atoms with Crippen molar-refractivity contribution < 1.29 is 14.0 Å². The smallest absolute Gasteiger partial charge is 0.227 e. The molecule has 2 aromatic rings. The van der Waals surface area contributed by atoms with Crippen LogP contribution in [0.3, 0.4) is 0 Å². The Morgan fingerprint density at radius 3 is 1.89 bits per heavy atom. The topological polar surface area (TPSA) is 40.6 Å². The van der Waals surface area contributed by atoms with Gasteiger partial charge in [-0.1, -0.05) is 41.4 Å². The number of hydrogen-bond acceptors (Lipinski definition) is 2. The molecule has 142 valence electrons. The van der Waals surface area contributed by atoms with E-state index in [0.717, 1.165) is 5.56 Å². The standard InChI is InChI=1S/C20H19Cl2FN2O2/c21-17-5-4-15(11-18(17)22)13-20(27)25-8-6-24(7-9-25)19(26)12-14-2-1-3-16(23)10-14/h1-5,10-11H,6-9,12-13H2. The maximum atomic E-state index is 13.2. The molecule has 3 rings (SSSR count). The summed E-state index contributed by atoms with van der Waals surface area (Å²) in [5, 5.41) is 0.882. The SMILES string of the molecule is O=C(Cc1cccc(F)c1)N1CCN(C(=O)Cc2ccc(Cl)c(Cl)c2)CC1. The summed E-state index contributed by atoms with van der Waals surface area (Å²) in [6.07, 6.45) is 0.406. The van der Waals surface area contributed by atoms with Crippen molar-refractivity contribution in [2.75, 3.05) is 26.2 Å². The van der Waals surface area contributed by atoms with Crippen molar-refractivity contribution in [3.8, 4) is 0 Å². The Kier molecular flexibility index (Phi) is 6.34. The number of amides is 2. The van der Waals surface area contributed by atoms with Gasteiger partial charge in [0.15, 0.2) is 0 Å². The molecule has 0 N–H and O–H groups in total. The molecule has 0 bridgehead atoms. The molecule has 0 atom stereocenters. The van der Waals surface area contributed by atoms with Crippen LogP contribution in [0.5, 0.6) is 0 Å². The van der Waals surface area contributed by atoms with Gasteiger partial charge in [-0.25, -0.2) is 4.39 Å². The lowest BCUT2D eigenvalue weighted by Gasteiger charge is -2.35. The Hall–Kier alpha value is -2.11. The van der Waals surface area contributed by atoms with Crippen molar-refractivity contribution in [3.63, 3.8) is 0 Å². The zero-order valence-corrected chi connectivity index (χ0v) is 16.1. The Bertz CT molecular complexity index is 852. The van der Waals surface area contributed by atoms with Gasteiger partial charge in [0.25, 0.3) is 0 Å². The molecule has 1 fully saturated rings. The van der Waals surface area contributed by atoms with Gasteiger partial charge in [0, 0.05) is 26.2 Å². The van der Waals surface area contributed by atoms with Crippen LogP contribution >= 0.6 is 23.2 Å². The fourth-order valence-electron chi connectivity index (χ4n) is 3.07. The van der Waals surface area contributed by atoms with Crippen molar-refractivity contribution >= 4 is 35.0 Å². The summed E-state index contributed by atoms with van der Waals surface area (Å²) < 4.78 is 13.2. The second-order valence-corrected chi connectivity index (χ2v) is 7.31. The third-order valence-corrected chi connectivity index (χ3v) is 5.31. The molecule has 27 heavy (non-hydrogen) atoms. The highest BCUT2D eigenvalue weighted by molar-refractivity contribution is 6.42. The van der Waals surface area contributed by atoms with E-state index in [9.17, 15) is 14.0 Å². The van der Waals surface area contributed by atoms with Crippen LogP contribution in [0.4, 0.5) is 4.39 Å². The summed E-state index contributed by atoms with van der Waals surface area (Å²) in [4.78, 5) is 28.3. The van der Waals surface area contributed by atoms with Gasteiger partial charge in [-0.2, -0.15) is 0 Å². The molecule has 1 aliphatic rings. The molecule has 0 aromatic heterocycles. The fraction of sp³-hybridized carbons (Fsp3) is 0.300. The molecule has 0 aliphatic carbocycles. The lowest BCUT2D eigenvalue weighted by molar-refractivity contribution is -0.138. The Balaban J connectivity index is 1.51. The molecular weight excluding hydrogens is 390 g/mol. The second kappa shape index (κ2) is 8.72. The maximum absolute atomic E-state index is 13.2. The molecule has 0 unspecified atom stereocenters. The molecule has 0 spiro atoms. The number of carbonyl (C=O) groups is 2. The molecule has 1 aliphatic heterocycles. The van der Waals surface area contributed by atoms with E-state index in [0.29, 0.717) is 41.8 Å². The molecule has 4 nitrogen and oxygen atoms in total. The molecule has 2 aromatic carbocycles. The van der Waals surface area contributed by atoms with Crippen LogP contribution in [0, 0.1) is 5.82 Å². The number of hydrogen-bond donors (Lipinski definition) is 0. The summed E-state index contributed by atoms with van der Waals surface area (Å²) in [6.45, 7) is 1.91. The summed E-state index contributed by atoms with van der Waals surface area (Å²) >= 11 is 11.9. The Morgan fingerprint density at radius 1 is 0.815 bits per heavy atom. The minimum absolute atomic E-state index is 0.00869. The average molecular weight is 409 g/mol. The fourth-order valence-corrected chi connectivity index (χ4v) is 3.40. The first kappa shape index (κ1) is 19.6. The van der Waals surface area contributed by atoms with E-state index >= 15 is 0 Å². The number of halogens is 3. The monoisotopic (exact) mass is 408 g/mol. The molecule has 0 saturated carbocycles. The van der Waals surface area contributed by atoms with Gasteiger partial charge >= 0.3 is 0 Å². The normalized spacial score (nSPS) is 14.3. The largest absolute Gasteiger partial charge is 0.339 e. The van der Waals surface area contributed by atoms with Crippen LogP contribution in [0.15, 0.2) is 42.5 Å². The van der Waals surface area contributed by atoms with Crippen LogP contribution in [-0.2, 0) is 22.4 Å². The maximum Gasteiger partial charge on any atom is 0.227 e. The van der Waals surface area contributed by atoms with E-state index in [2.05, 4.69) is 0 Å². The van der Waals surface area contributed by atoms with E-state index in [1.807, 2.05) is 0 Å². The van der Waals surface area contributed by atoms with E-state index in [1.54, 1.807) is 40.1 Å². The summed E-state index contributed by atoms with van der Waals surface area (Å²) in [6, 6.07) is 11.2. The van der Waals surface area contributed by atoms with Crippen LogP contribution in [0.25, 0.3) is 0 Å². The zero-order valence-electron chi connectivity index (χ0n) is 14.6. The molecule has 1 saturated heterocycles. The Labute approximate surface area is 167 Å². The predicted octanol–water partition coefficient (Wildman–Crippen LogP) is 3.59. The van der Waals surface area contributed by atoms with Gasteiger partial charge in [0.1, 0.15) is 5.82 Å². The zero-order chi connectivity index (χ0) is 19.4. The Morgan fingerprint density at radius 2 is 1.37 bits per heavy atom. The molecule has 2 amide bonds. The van der Waals surface area contributed by atoms with Gasteiger partial charge < -0.3 is 9.80 Å². The minimum atomic E-state index is -0.349. The highest BCUT2D eigenvalue weighted by Crippen LogP contribution is 2.23. The van der Waals surface area contributed by atoms with Crippen molar-refractivity contribution in [2.24, 2.45) is 0 Å². The lowest BCUT2D eigenvalue weighted by atomic mass is 10.1. The minimum Gasteiger partial charge on any atom is -0.339 e. The molecule has 7 heteroatoms. The highest BCUT2D eigenvalue weighted by atomic mass is 35.5. The summed E-state index contributed by atoms with van der Waals surface area (Å²) in [5.74, 6) is -0.416. The van der Waals surface area contributed by atoms with Crippen molar-refractivity contribution in [2.45, 2.75) is 12.8 Å². The van der Waals surface area contributed by atoms with E-state index in [-0.39, 0.29) is 30.5 Å². The number of benzene rings is 2. The van der Waals surface area contributed by atoms with Crippen molar-refractivity contribution in [3.05, 3.63) is 69.5 Å². The number of nitrogens with zero attached hydrogens (tertiary/aromatic N) is 2. The van der Waals surface area contributed by atoms with E-state index in [1.165, 1.54) is 12.1 Å². The number of piperazine rings is 1. The second-order valence-electron chi connectivity index (χ2n) is 6.49. The van der Waals surface area contributed by atoms with Crippen molar-refractivity contribution in [1.29, 1.82) is 0 Å². The molecule has 1 heterocycles. The van der Waals surface area contributed by atoms with E-state index < -0.39 is 0 Å². The number of rotatable bonds is 4. The summed E-state index contributed by atoms with van der Waals surface area (Å²) in [7, 11) is 0. The average Bonchev–Trinajstić information content (AvgIpc) is 2.65. The molecule has 0 radical (unpaired) electrons. The van der Waals surface area contributed by atoms with Gasteiger partial charge in [-0.15, -0.1) is 0 Å². The van der Waals surface area contributed by atoms with Gasteiger partial charge in [-0.3, -0.25) is 9.59 Å². The van der Waals surface area contributed by atoms with Gasteiger partial charge in [0.05, 0.1) is 22.9 Å². The summed E-state index contributed by atoms with van der Waals surface area (Å²) in [5.41, 5.74) is 1.46. The van der Waals surface area contributed by atoms with Crippen LogP contribution in [0.1, 0.15) is 11.1 Å². The molecular formula is C20H19Cl2FN2O2.